The lowest BCUT2D eigenvalue weighted by atomic mass is 9.89. The van der Waals surface area contributed by atoms with Crippen LogP contribution in [0.4, 0.5) is 0 Å². The van der Waals surface area contributed by atoms with Crippen LogP contribution in [0.15, 0.2) is 47.4 Å². The van der Waals surface area contributed by atoms with Gasteiger partial charge in [-0.25, -0.2) is 8.42 Å². The van der Waals surface area contributed by atoms with Crippen molar-refractivity contribution in [1.82, 2.24) is 4.31 Å². The second-order valence-electron chi connectivity index (χ2n) is 6.95. The Morgan fingerprint density at radius 2 is 1.85 bits per heavy atom. The third-order valence-corrected chi connectivity index (χ3v) is 6.98. The molecule has 0 spiro atoms. The summed E-state index contributed by atoms with van der Waals surface area (Å²) in [5.74, 6) is 0.625. The molecular formula is C20H26N2O3S. The fourth-order valence-corrected chi connectivity index (χ4v) is 5.69. The smallest absolute Gasteiger partial charge is 0.246 e. The van der Waals surface area contributed by atoms with Gasteiger partial charge in [0.05, 0.1) is 7.11 Å². The fraction of sp³-hybridized carbons (Fsp3) is 0.400. The van der Waals surface area contributed by atoms with E-state index in [0.29, 0.717) is 25.4 Å². The summed E-state index contributed by atoms with van der Waals surface area (Å²) >= 11 is 0. The summed E-state index contributed by atoms with van der Waals surface area (Å²) < 4.78 is 33.7. The summed E-state index contributed by atoms with van der Waals surface area (Å²) in [6.45, 7) is 5.07. The van der Waals surface area contributed by atoms with Crippen molar-refractivity contribution in [3.8, 4) is 5.75 Å². The molecule has 140 valence electrons. The van der Waals surface area contributed by atoms with Gasteiger partial charge >= 0.3 is 0 Å². The van der Waals surface area contributed by atoms with Crippen LogP contribution in [0.5, 0.6) is 5.75 Å². The van der Waals surface area contributed by atoms with Crippen LogP contribution in [0.1, 0.15) is 22.6 Å². The Kier molecular flexibility index (Phi) is 5.37. The maximum Gasteiger partial charge on any atom is 0.246 e. The topological polar surface area (TPSA) is 72.6 Å². The first kappa shape index (κ1) is 18.9. The molecular weight excluding hydrogens is 348 g/mol. The Morgan fingerprint density at radius 1 is 1.15 bits per heavy atom. The molecule has 2 N–H and O–H groups in total. The van der Waals surface area contributed by atoms with E-state index in [1.165, 1.54) is 7.11 Å². The maximum absolute atomic E-state index is 13.4. The third-order valence-electron chi connectivity index (χ3n) is 5.14. The number of nitrogens with two attached hydrogens (primary N) is 1. The van der Waals surface area contributed by atoms with Crippen molar-refractivity contribution in [1.29, 1.82) is 0 Å². The van der Waals surface area contributed by atoms with E-state index < -0.39 is 10.0 Å². The van der Waals surface area contributed by atoms with Gasteiger partial charge in [-0.05, 0) is 49.1 Å². The monoisotopic (exact) mass is 374 g/mol. The minimum Gasteiger partial charge on any atom is -0.495 e. The molecule has 1 saturated heterocycles. The van der Waals surface area contributed by atoms with Gasteiger partial charge in [0, 0.05) is 19.0 Å². The van der Waals surface area contributed by atoms with E-state index in [0.717, 1.165) is 16.7 Å². The molecule has 0 amide bonds. The molecule has 5 nitrogen and oxygen atoms in total. The normalized spacial score (nSPS) is 21.1. The number of hydrogen-bond acceptors (Lipinski definition) is 4. The second kappa shape index (κ2) is 7.39. The Hall–Kier alpha value is -1.89. The molecule has 1 fully saturated rings. The molecule has 0 saturated carbocycles. The van der Waals surface area contributed by atoms with Crippen LogP contribution in [0.2, 0.25) is 0 Å². The van der Waals surface area contributed by atoms with Crippen molar-refractivity contribution < 1.29 is 13.2 Å². The molecule has 0 aliphatic carbocycles. The molecule has 3 rings (SSSR count). The summed E-state index contributed by atoms with van der Waals surface area (Å²) in [6, 6.07) is 13.6. The largest absolute Gasteiger partial charge is 0.495 e. The highest BCUT2D eigenvalue weighted by molar-refractivity contribution is 7.89. The van der Waals surface area contributed by atoms with Crippen LogP contribution in [0.3, 0.4) is 0 Å². The van der Waals surface area contributed by atoms with Gasteiger partial charge in [-0.3, -0.25) is 0 Å². The van der Waals surface area contributed by atoms with Gasteiger partial charge in [-0.2, -0.15) is 4.31 Å². The Labute approximate surface area is 155 Å². The van der Waals surface area contributed by atoms with E-state index in [1.807, 2.05) is 50.2 Å². The molecule has 1 heterocycles. The molecule has 0 radical (unpaired) electrons. The molecule has 1 aliphatic heterocycles. The summed E-state index contributed by atoms with van der Waals surface area (Å²) in [4.78, 5) is 0.238. The van der Waals surface area contributed by atoms with Crippen molar-refractivity contribution >= 4 is 10.0 Å². The summed E-state index contributed by atoms with van der Waals surface area (Å²) in [5, 5.41) is 0. The first-order chi connectivity index (χ1) is 12.4. The Bertz CT molecular complexity index is 881. The van der Waals surface area contributed by atoms with Crippen LogP contribution in [-0.2, 0) is 10.0 Å². The van der Waals surface area contributed by atoms with E-state index >= 15 is 0 Å². The van der Waals surface area contributed by atoms with Gasteiger partial charge < -0.3 is 10.5 Å². The van der Waals surface area contributed by atoms with Crippen molar-refractivity contribution in [2.45, 2.75) is 24.7 Å². The highest BCUT2D eigenvalue weighted by atomic mass is 32.2. The molecule has 0 aromatic heterocycles. The van der Waals surface area contributed by atoms with Gasteiger partial charge in [-0.1, -0.05) is 36.4 Å². The average molecular weight is 375 g/mol. The zero-order valence-electron chi connectivity index (χ0n) is 15.5. The summed E-state index contributed by atoms with van der Waals surface area (Å²) in [5.41, 5.74) is 8.82. The lowest BCUT2D eigenvalue weighted by Crippen LogP contribution is -2.30. The first-order valence-electron chi connectivity index (χ1n) is 8.79. The predicted molar refractivity (Wildman–Crippen MR) is 103 cm³/mol. The van der Waals surface area contributed by atoms with Gasteiger partial charge in [0.1, 0.15) is 10.6 Å². The SMILES string of the molecule is COc1c(C)cc(C)cc1S(=O)(=O)N1C[C@@H](CN)[C@H](c2ccccc2)C1. The van der Waals surface area contributed by atoms with Crippen LogP contribution >= 0.6 is 0 Å². The van der Waals surface area contributed by atoms with E-state index in [1.54, 1.807) is 10.4 Å². The van der Waals surface area contributed by atoms with Crippen LogP contribution in [-0.4, -0.2) is 39.5 Å². The highest BCUT2D eigenvalue weighted by Crippen LogP contribution is 2.38. The predicted octanol–water partition coefficient (Wildman–Crippen LogP) is 2.68. The van der Waals surface area contributed by atoms with Crippen molar-refractivity contribution in [2.24, 2.45) is 11.7 Å². The van der Waals surface area contributed by atoms with Gasteiger partial charge in [0.15, 0.2) is 0 Å². The number of aryl methyl sites for hydroxylation is 2. The third kappa shape index (κ3) is 3.37. The molecule has 2 atom stereocenters. The van der Waals surface area contributed by atoms with Gasteiger partial charge in [0.25, 0.3) is 0 Å². The first-order valence-corrected chi connectivity index (χ1v) is 10.2. The second-order valence-corrected chi connectivity index (χ2v) is 8.85. The molecule has 1 aliphatic rings. The van der Waals surface area contributed by atoms with Crippen LogP contribution < -0.4 is 10.5 Å². The average Bonchev–Trinajstić information content (AvgIpc) is 3.07. The molecule has 6 heteroatoms. The molecule has 0 bridgehead atoms. The molecule has 2 aromatic rings. The number of methoxy groups -OCH3 is 1. The van der Waals surface area contributed by atoms with E-state index in [-0.39, 0.29) is 16.7 Å². The quantitative estimate of drug-likeness (QED) is 0.873. The van der Waals surface area contributed by atoms with Gasteiger partial charge in [-0.15, -0.1) is 0 Å². The van der Waals surface area contributed by atoms with E-state index in [9.17, 15) is 8.42 Å². The minimum atomic E-state index is -3.66. The van der Waals surface area contributed by atoms with E-state index in [4.69, 9.17) is 10.5 Å². The van der Waals surface area contributed by atoms with Crippen molar-refractivity contribution in [3.63, 3.8) is 0 Å². The number of nitrogens with zero attached hydrogens (tertiary/aromatic N) is 1. The Morgan fingerprint density at radius 3 is 2.46 bits per heavy atom. The van der Waals surface area contributed by atoms with Gasteiger partial charge in [0.2, 0.25) is 10.0 Å². The number of rotatable bonds is 5. The number of ether oxygens (including phenoxy) is 1. The molecule has 26 heavy (non-hydrogen) atoms. The Balaban J connectivity index is 1.99. The zero-order valence-corrected chi connectivity index (χ0v) is 16.3. The molecule has 2 aromatic carbocycles. The fourth-order valence-electron chi connectivity index (χ4n) is 3.85. The lowest BCUT2D eigenvalue weighted by molar-refractivity contribution is 0.394. The standard InChI is InChI=1S/C20H26N2O3S/c1-14-9-15(2)20(25-3)19(10-14)26(23,24)22-12-17(11-21)18(13-22)16-7-5-4-6-8-16/h4-10,17-18H,11-13,21H2,1-3H3/t17-,18+/m1/s1. The summed E-state index contributed by atoms with van der Waals surface area (Å²) in [7, 11) is -2.15. The molecule has 0 unspecified atom stereocenters. The number of hydrogen-bond donors (Lipinski definition) is 1. The highest BCUT2D eigenvalue weighted by Gasteiger charge is 2.40. The zero-order chi connectivity index (χ0) is 18.9. The summed E-state index contributed by atoms with van der Waals surface area (Å²) in [6.07, 6.45) is 0. The van der Waals surface area contributed by atoms with Crippen LogP contribution in [0, 0.1) is 19.8 Å². The number of sulfonamides is 1. The van der Waals surface area contributed by atoms with Crippen molar-refractivity contribution in [2.75, 3.05) is 26.7 Å². The van der Waals surface area contributed by atoms with Crippen molar-refractivity contribution in [3.05, 3.63) is 59.2 Å². The van der Waals surface area contributed by atoms with E-state index in [2.05, 4.69) is 0 Å². The maximum atomic E-state index is 13.4. The number of benzene rings is 2. The lowest BCUT2D eigenvalue weighted by Gasteiger charge is -2.20. The minimum absolute atomic E-state index is 0.101. The van der Waals surface area contributed by atoms with Crippen LogP contribution in [0.25, 0.3) is 0 Å².